The van der Waals surface area contributed by atoms with Crippen molar-refractivity contribution in [3.05, 3.63) is 42.6 Å². The first-order chi connectivity index (χ1) is 7.86. The van der Waals surface area contributed by atoms with Crippen molar-refractivity contribution in [3.8, 4) is 11.3 Å². The molecule has 0 saturated heterocycles. The smallest absolute Gasteiger partial charge is 0.132 e. The maximum Gasteiger partial charge on any atom is 0.132 e. The number of nitrogens with zero attached hydrogens (tertiary/aromatic N) is 2. The molecule has 3 aromatic rings. The van der Waals surface area contributed by atoms with Gasteiger partial charge < -0.3 is 5.73 Å². The number of para-hydroxylation sites is 1. The molecule has 16 heavy (non-hydrogen) atoms. The molecule has 2 heterocycles. The van der Waals surface area contributed by atoms with Crippen molar-refractivity contribution < 1.29 is 0 Å². The van der Waals surface area contributed by atoms with Crippen LogP contribution in [0.1, 0.15) is 0 Å². The molecule has 0 saturated carbocycles. The van der Waals surface area contributed by atoms with Crippen LogP contribution < -0.4 is 5.73 Å². The number of rotatable bonds is 1. The number of aromatic nitrogens is 3. The molecule has 0 aliphatic carbocycles. The lowest BCUT2D eigenvalue weighted by molar-refractivity contribution is 1.12. The largest absolute Gasteiger partial charge is 0.383 e. The fourth-order valence-corrected chi connectivity index (χ4v) is 1.79. The summed E-state index contributed by atoms with van der Waals surface area (Å²) in [6.07, 6.45) is 1.67. The molecule has 0 unspecified atom stereocenters. The van der Waals surface area contributed by atoms with Gasteiger partial charge in [0.25, 0.3) is 0 Å². The van der Waals surface area contributed by atoms with Crippen molar-refractivity contribution in [2.75, 3.05) is 5.73 Å². The molecule has 0 aliphatic rings. The number of anilines is 1. The monoisotopic (exact) mass is 210 g/mol. The van der Waals surface area contributed by atoms with Gasteiger partial charge in [0.2, 0.25) is 0 Å². The SMILES string of the molecule is Nc1ncccc1-c1n[nH]c2ccccc12. The minimum absolute atomic E-state index is 0.500. The molecule has 0 atom stereocenters. The van der Waals surface area contributed by atoms with E-state index in [2.05, 4.69) is 15.2 Å². The van der Waals surface area contributed by atoms with Gasteiger partial charge in [-0.05, 0) is 18.2 Å². The van der Waals surface area contributed by atoms with Gasteiger partial charge in [-0.2, -0.15) is 5.10 Å². The minimum atomic E-state index is 0.500. The van der Waals surface area contributed by atoms with E-state index in [0.717, 1.165) is 22.2 Å². The van der Waals surface area contributed by atoms with Gasteiger partial charge in [0.15, 0.2) is 0 Å². The van der Waals surface area contributed by atoms with Gasteiger partial charge in [-0.15, -0.1) is 0 Å². The number of pyridine rings is 1. The van der Waals surface area contributed by atoms with Crippen molar-refractivity contribution in [1.82, 2.24) is 15.2 Å². The summed E-state index contributed by atoms with van der Waals surface area (Å²) in [6.45, 7) is 0. The van der Waals surface area contributed by atoms with E-state index in [1.807, 2.05) is 36.4 Å². The third-order valence-electron chi connectivity index (χ3n) is 2.56. The topological polar surface area (TPSA) is 67.6 Å². The molecule has 0 aliphatic heterocycles. The Hall–Kier alpha value is -2.36. The zero-order valence-corrected chi connectivity index (χ0v) is 8.51. The summed E-state index contributed by atoms with van der Waals surface area (Å²) in [7, 11) is 0. The molecule has 1 aromatic carbocycles. The van der Waals surface area contributed by atoms with E-state index in [1.165, 1.54) is 0 Å². The highest BCUT2D eigenvalue weighted by molar-refractivity contribution is 5.95. The van der Waals surface area contributed by atoms with Crippen LogP contribution in [0.15, 0.2) is 42.6 Å². The van der Waals surface area contributed by atoms with Crippen LogP contribution in [0.25, 0.3) is 22.2 Å². The fourth-order valence-electron chi connectivity index (χ4n) is 1.79. The minimum Gasteiger partial charge on any atom is -0.383 e. The first-order valence-corrected chi connectivity index (χ1v) is 5.00. The van der Waals surface area contributed by atoms with E-state index >= 15 is 0 Å². The second kappa shape index (κ2) is 3.34. The molecular formula is C12H10N4. The maximum absolute atomic E-state index is 5.84. The van der Waals surface area contributed by atoms with Crippen LogP contribution in [-0.2, 0) is 0 Å². The Labute approximate surface area is 92.1 Å². The molecular weight excluding hydrogens is 200 g/mol. The molecule has 4 nitrogen and oxygen atoms in total. The number of nitrogens with two attached hydrogens (primary N) is 1. The average molecular weight is 210 g/mol. The molecule has 0 amide bonds. The van der Waals surface area contributed by atoms with Gasteiger partial charge in [-0.1, -0.05) is 18.2 Å². The molecule has 78 valence electrons. The molecule has 0 bridgehead atoms. The molecule has 0 radical (unpaired) electrons. The highest BCUT2D eigenvalue weighted by Crippen LogP contribution is 2.28. The Morgan fingerprint density at radius 2 is 1.94 bits per heavy atom. The summed E-state index contributed by atoms with van der Waals surface area (Å²) in [5.74, 6) is 0.500. The van der Waals surface area contributed by atoms with Crippen molar-refractivity contribution in [2.45, 2.75) is 0 Å². The summed E-state index contributed by atoms with van der Waals surface area (Å²) in [6, 6.07) is 11.7. The average Bonchev–Trinajstić information content (AvgIpc) is 2.74. The van der Waals surface area contributed by atoms with E-state index < -0.39 is 0 Å². The Balaban J connectivity index is 2.31. The predicted octanol–water partition coefficient (Wildman–Crippen LogP) is 2.21. The third-order valence-corrected chi connectivity index (χ3v) is 2.56. The number of fused-ring (bicyclic) bond motifs is 1. The summed E-state index contributed by atoms with van der Waals surface area (Å²) in [4.78, 5) is 4.07. The third kappa shape index (κ3) is 1.24. The van der Waals surface area contributed by atoms with Crippen LogP contribution in [-0.4, -0.2) is 15.2 Å². The maximum atomic E-state index is 5.84. The zero-order chi connectivity index (χ0) is 11.0. The number of aromatic amines is 1. The molecule has 4 heteroatoms. The van der Waals surface area contributed by atoms with Crippen molar-refractivity contribution in [2.24, 2.45) is 0 Å². The van der Waals surface area contributed by atoms with Gasteiger partial charge in [0, 0.05) is 17.1 Å². The second-order valence-electron chi connectivity index (χ2n) is 3.55. The molecule has 2 aromatic heterocycles. The molecule has 0 spiro atoms. The second-order valence-corrected chi connectivity index (χ2v) is 3.55. The highest BCUT2D eigenvalue weighted by Gasteiger charge is 2.10. The van der Waals surface area contributed by atoms with Gasteiger partial charge >= 0.3 is 0 Å². The van der Waals surface area contributed by atoms with Crippen LogP contribution in [0, 0.1) is 0 Å². The summed E-state index contributed by atoms with van der Waals surface area (Å²) in [5, 5.41) is 8.32. The van der Waals surface area contributed by atoms with Gasteiger partial charge in [0.05, 0.1) is 5.52 Å². The lowest BCUT2D eigenvalue weighted by Gasteiger charge is -2.00. The number of nitrogens with one attached hydrogen (secondary N) is 1. The Bertz CT molecular complexity index is 642. The van der Waals surface area contributed by atoms with Crippen LogP contribution in [0.3, 0.4) is 0 Å². The van der Waals surface area contributed by atoms with E-state index in [9.17, 15) is 0 Å². The van der Waals surface area contributed by atoms with E-state index in [0.29, 0.717) is 5.82 Å². The first-order valence-electron chi connectivity index (χ1n) is 5.00. The highest BCUT2D eigenvalue weighted by atomic mass is 15.1. The molecule has 3 rings (SSSR count). The summed E-state index contributed by atoms with van der Waals surface area (Å²) in [5.41, 5.74) is 8.55. The summed E-state index contributed by atoms with van der Waals surface area (Å²) >= 11 is 0. The van der Waals surface area contributed by atoms with Crippen LogP contribution >= 0.6 is 0 Å². The number of H-pyrrole nitrogens is 1. The van der Waals surface area contributed by atoms with Crippen molar-refractivity contribution in [3.63, 3.8) is 0 Å². The number of nitrogen functional groups attached to an aromatic ring is 1. The van der Waals surface area contributed by atoms with E-state index in [1.54, 1.807) is 6.20 Å². The Morgan fingerprint density at radius 1 is 1.06 bits per heavy atom. The Kier molecular flexibility index (Phi) is 1.86. The van der Waals surface area contributed by atoms with Crippen LogP contribution in [0.4, 0.5) is 5.82 Å². The van der Waals surface area contributed by atoms with Gasteiger partial charge in [-0.25, -0.2) is 4.98 Å². The number of benzene rings is 1. The lowest BCUT2D eigenvalue weighted by atomic mass is 10.1. The van der Waals surface area contributed by atoms with Crippen LogP contribution in [0.2, 0.25) is 0 Å². The normalized spacial score (nSPS) is 10.8. The quantitative estimate of drug-likeness (QED) is 0.647. The summed E-state index contributed by atoms with van der Waals surface area (Å²) < 4.78 is 0. The van der Waals surface area contributed by atoms with E-state index in [4.69, 9.17) is 5.73 Å². The first kappa shape index (κ1) is 8.91. The van der Waals surface area contributed by atoms with Crippen molar-refractivity contribution >= 4 is 16.7 Å². The van der Waals surface area contributed by atoms with Gasteiger partial charge in [0.1, 0.15) is 11.5 Å². The lowest BCUT2D eigenvalue weighted by Crippen LogP contribution is -1.93. The number of hydrogen-bond donors (Lipinski definition) is 2. The van der Waals surface area contributed by atoms with Crippen LogP contribution in [0.5, 0.6) is 0 Å². The predicted molar refractivity (Wildman–Crippen MR) is 63.7 cm³/mol. The number of hydrogen-bond acceptors (Lipinski definition) is 3. The van der Waals surface area contributed by atoms with E-state index in [-0.39, 0.29) is 0 Å². The zero-order valence-electron chi connectivity index (χ0n) is 8.51. The molecule has 0 fully saturated rings. The Morgan fingerprint density at radius 3 is 2.81 bits per heavy atom. The standard InChI is InChI=1S/C12H10N4/c13-12-9(5-3-7-14-12)11-8-4-1-2-6-10(8)15-16-11/h1-7H,(H2,13,14)(H,15,16). The molecule has 3 N–H and O–H groups in total. The van der Waals surface area contributed by atoms with Crippen molar-refractivity contribution in [1.29, 1.82) is 0 Å². The fraction of sp³-hybridized carbons (Fsp3) is 0. The van der Waals surface area contributed by atoms with Gasteiger partial charge in [-0.3, -0.25) is 5.10 Å².